The highest BCUT2D eigenvalue weighted by Gasteiger charge is 2.12. The number of halogens is 1. The zero-order valence-electron chi connectivity index (χ0n) is 12.0. The summed E-state index contributed by atoms with van der Waals surface area (Å²) in [5, 5.41) is 5.37. The predicted octanol–water partition coefficient (Wildman–Crippen LogP) is 0.205. The summed E-state index contributed by atoms with van der Waals surface area (Å²) in [6, 6.07) is 8.92. The number of carbonyl (C=O) groups is 2. The third kappa shape index (κ3) is 8.29. The van der Waals surface area contributed by atoms with E-state index in [1.807, 2.05) is 30.3 Å². The standard InChI is InChI=1S/C14H21N3O3.ClH/c1-20-10-12(15)14(19)16-8-7-13(18)17-9-11-5-3-2-4-6-11;/h2-6,12H,7-10,15H2,1H3,(H,16,19)(H,17,18);1H. The van der Waals surface area contributed by atoms with Crippen LogP contribution in [0.5, 0.6) is 0 Å². The van der Waals surface area contributed by atoms with Gasteiger partial charge in [-0.1, -0.05) is 30.3 Å². The molecule has 0 fully saturated rings. The number of rotatable bonds is 8. The van der Waals surface area contributed by atoms with Gasteiger partial charge in [-0.15, -0.1) is 12.4 Å². The monoisotopic (exact) mass is 315 g/mol. The summed E-state index contributed by atoms with van der Waals surface area (Å²) in [5.41, 5.74) is 6.58. The van der Waals surface area contributed by atoms with E-state index in [4.69, 9.17) is 10.5 Å². The van der Waals surface area contributed by atoms with E-state index in [2.05, 4.69) is 10.6 Å². The molecule has 0 aliphatic rings. The van der Waals surface area contributed by atoms with Gasteiger partial charge in [0.1, 0.15) is 6.04 Å². The smallest absolute Gasteiger partial charge is 0.239 e. The Hall–Kier alpha value is -1.63. The minimum Gasteiger partial charge on any atom is -0.383 e. The van der Waals surface area contributed by atoms with E-state index in [0.717, 1.165) is 5.56 Å². The lowest BCUT2D eigenvalue weighted by atomic mass is 10.2. The van der Waals surface area contributed by atoms with Gasteiger partial charge in [0.2, 0.25) is 11.8 Å². The molecule has 1 aromatic rings. The second-order valence-electron chi connectivity index (χ2n) is 4.37. The zero-order valence-corrected chi connectivity index (χ0v) is 12.8. The minimum absolute atomic E-state index is 0. The molecule has 0 saturated carbocycles. The maximum Gasteiger partial charge on any atom is 0.239 e. The molecule has 4 N–H and O–H groups in total. The number of nitrogens with two attached hydrogens (primary N) is 1. The molecule has 0 bridgehead atoms. The van der Waals surface area contributed by atoms with E-state index in [1.54, 1.807) is 0 Å². The van der Waals surface area contributed by atoms with Gasteiger partial charge in [0.15, 0.2) is 0 Å². The summed E-state index contributed by atoms with van der Waals surface area (Å²) in [5.74, 6) is -0.433. The van der Waals surface area contributed by atoms with Crippen molar-refractivity contribution in [2.24, 2.45) is 5.73 Å². The summed E-state index contributed by atoms with van der Waals surface area (Å²) in [6.45, 7) is 0.902. The average molecular weight is 316 g/mol. The van der Waals surface area contributed by atoms with Crippen molar-refractivity contribution in [3.63, 3.8) is 0 Å². The highest BCUT2D eigenvalue weighted by atomic mass is 35.5. The lowest BCUT2D eigenvalue weighted by Crippen LogP contribution is -2.44. The maximum atomic E-state index is 11.6. The predicted molar refractivity (Wildman–Crippen MR) is 83.0 cm³/mol. The topological polar surface area (TPSA) is 93.4 Å². The van der Waals surface area contributed by atoms with E-state index in [-0.39, 0.29) is 43.8 Å². The van der Waals surface area contributed by atoms with Crippen molar-refractivity contribution < 1.29 is 14.3 Å². The second-order valence-corrected chi connectivity index (χ2v) is 4.37. The normalized spacial score (nSPS) is 11.1. The zero-order chi connectivity index (χ0) is 14.8. The van der Waals surface area contributed by atoms with Gasteiger partial charge in [0.05, 0.1) is 6.61 Å². The second kappa shape index (κ2) is 11.1. The Balaban J connectivity index is 0.00000400. The van der Waals surface area contributed by atoms with Crippen LogP contribution >= 0.6 is 12.4 Å². The number of benzene rings is 1. The first kappa shape index (κ1) is 19.4. The Morgan fingerprint density at radius 3 is 2.52 bits per heavy atom. The van der Waals surface area contributed by atoms with E-state index < -0.39 is 6.04 Å². The summed E-state index contributed by atoms with van der Waals surface area (Å²) < 4.78 is 4.77. The Morgan fingerprint density at radius 1 is 1.24 bits per heavy atom. The number of nitrogens with one attached hydrogen (secondary N) is 2. The summed E-state index contributed by atoms with van der Waals surface area (Å²) in [7, 11) is 1.48. The van der Waals surface area contributed by atoms with Crippen LogP contribution in [0.25, 0.3) is 0 Å². The van der Waals surface area contributed by atoms with Gasteiger partial charge in [-0.25, -0.2) is 0 Å². The van der Waals surface area contributed by atoms with Crippen molar-refractivity contribution >= 4 is 24.2 Å². The van der Waals surface area contributed by atoms with Crippen molar-refractivity contribution in [1.29, 1.82) is 0 Å². The molecule has 6 nitrogen and oxygen atoms in total. The Labute approximate surface area is 130 Å². The molecular formula is C14H22ClN3O3. The lowest BCUT2D eigenvalue weighted by molar-refractivity contribution is -0.124. The van der Waals surface area contributed by atoms with E-state index in [1.165, 1.54) is 7.11 Å². The van der Waals surface area contributed by atoms with Crippen molar-refractivity contribution in [3.05, 3.63) is 35.9 Å². The number of ether oxygens (including phenoxy) is 1. The van der Waals surface area contributed by atoms with E-state index in [9.17, 15) is 9.59 Å². The largest absolute Gasteiger partial charge is 0.383 e. The Morgan fingerprint density at radius 2 is 1.90 bits per heavy atom. The van der Waals surface area contributed by atoms with Crippen LogP contribution in [0.3, 0.4) is 0 Å². The molecule has 0 heterocycles. The number of amides is 2. The third-order valence-electron chi connectivity index (χ3n) is 2.67. The molecule has 21 heavy (non-hydrogen) atoms. The van der Waals surface area contributed by atoms with Crippen molar-refractivity contribution in [2.75, 3.05) is 20.3 Å². The van der Waals surface area contributed by atoms with Gasteiger partial charge in [0.25, 0.3) is 0 Å². The fourth-order valence-corrected chi connectivity index (χ4v) is 1.57. The number of methoxy groups -OCH3 is 1. The number of hydrogen-bond acceptors (Lipinski definition) is 4. The van der Waals surface area contributed by atoms with Crippen LogP contribution in [0.4, 0.5) is 0 Å². The average Bonchev–Trinajstić information content (AvgIpc) is 2.46. The first-order valence-electron chi connectivity index (χ1n) is 6.46. The van der Waals surface area contributed by atoms with Crippen LogP contribution in [-0.4, -0.2) is 38.1 Å². The molecule has 0 aliphatic heterocycles. The van der Waals surface area contributed by atoms with Gasteiger partial charge in [-0.05, 0) is 5.56 Å². The van der Waals surface area contributed by atoms with Crippen LogP contribution in [0, 0.1) is 0 Å². The van der Waals surface area contributed by atoms with Gasteiger partial charge in [-0.3, -0.25) is 9.59 Å². The Kier molecular flexibility index (Phi) is 10.2. The quantitative estimate of drug-likeness (QED) is 0.639. The summed E-state index contributed by atoms with van der Waals surface area (Å²) >= 11 is 0. The molecule has 2 amide bonds. The molecule has 0 radical (unpaired) electrons. The van der Waals surface area contributed by atoms with E-state index in [0.29, 0.717) is 6.54 Å². The first-order valence-corrected chi connectivity index (χ1v) is 6.46. The molecule has 1 rings (SSSR count). The molecule has 0 aliphatic carbocycles. The number of hydrogen-bond donors (Lipinski definition) is 3. The molecule has 1 aromatic carbocycles. The van der Waals surface area contributed by atoms with Crippen LogP contribution in [0.2, 0.25) is 0 Å². The molecule has 0 aromatic heterocycles. The fourth-order valence-electron chi connectivity index (χ4n) is 1.57. The molecule has 0 spiro atoms. The molecule has 1 unspecified atom stereocenters. The fraction of sp³-hybridized carbons (Fsp3) is 0.429. The molecule has 7 heteroatoms. The van der Waals surface area contributed by atoms with E-state index >= 15 is 0 Å². The SMILES string of the molecule is COCC(N)C(=O)NCCC(=O)NCc1ccccc1.Cl. The first-order chi connectivity index (χ1) is 9.63. The highest BCUT2D eigenvalue weighted by molar-refractivity contribution is 5.85. The van der Waals surface area contributed by atoms with Crippen molar-refractivity contribution in [2.45, 2.75) is 19.0 Å². The molecular weight excluding hydrogens is 294 g/mol. The summed E-state index contributed by atoms with van der Waals surface area (Å²) in [4.78, 5) is 23.0. The lowest BCUT2D eigenvalue weighted by Gasteiger charge is -2.11. The van der Waals surface area contributed by atoms with Crippen LogP contribution in [0.1, 0.15) is 12.0 Å². The van der Waals surface area contributed by atoms with Crippen molar-refractivity contribution in [1.82, 2.24) is 10.6 Å². The molecule has 1 atom stereocenters. The maximum absolute atomic E-state index is 11.6. The van der Waals surface area contributed by atoms with Gasteiger partial charge < -0.3 is 21.1 Å². The minimum atomic E-state index is -0.702. The highest BCUT2D eigenvalue weighted by Crippen LogP contribution is 1.97. The van der Waals surface area contributed by atoms with Gasteiger partial charge in [-0.2, -0.15) is 0 Å². The van der Waals surface area contributed by atoms with Crippen LogP contribution < -0.4 is 16.4 Å². The van der Waals surface area contributed by atoms with Crippen molar-refractivity contribution in [3.8, 4) is 0 Å². The van der Waals surface area contributed by atoms with Gasteiger partial charge >= 0.3 is 0 Å². The molecule has 0 saturated heterocycles. The van der Waals surface area contributed by atoms with Crippen LogP contribution in [-0.2, 0) is 20.9 Å². The summed E-state index contributed by atoms with van der Waals surface area (Å²) in [6.07, 6.45) is 0.221. The number of carbonyl (C=O) groups excluding carboxylic acids is 2. The van der Waals surface area contributed by atoms with Gasteiger partial charge in [0, 0.05) is 26.6 Å². The third-order valence-corrected chi connectivity index (χ3v) is 2.67. The Bertz CT molecular complexity index is 429. The molecule has 118 valence electrons. The van der Waals surface area contributed by atoms with Crippen LogP contribution in [0.15, 0.2) is 30.3 Å².